The third-order valence-electron chi connectivity index (χ3n) is 5.39. The Labute approximate surface area is 181 Å². The molecule has 0 spiro atoms. The minimum Gasteiger partial charge on any atom is -0.491 e. The van der Waals surface area contributed by atoms with Gasteiger partial charge in [-0.25, -0.2) is 4.79 Å². The number of amides is 1. The predicted molar refractivity (Wildman–Crippen MR) is 118 cm³/mol. The van der Waals surface area contributed by atoms with E-state index in [0.29, 0.717) is 13.2 Å². The van der Waals surface area contributed by atoms with Gasteiger partial charge in [0.1, 0.15) is 18.0 Å². The highest BCUT2D eigenvalue weighted by molar-refractivity contribution is 6.61. The van der Waals surface area contributed by atoms with Gasteiger partial charge in [0.05, 0.1) is 11.6 Å². The molecule has 2 aliphatic heterocycles. The minimum atomic E-state index is -0.501. The molecule has 1 aromatic rings. The maximum absolute atomic E-state index is 12.6. The first-order valence-corrected chi connectivity index (χ1v) is 11.1. The summed E-state index contributed by atoms with van der Waals surface area (Å²) in [4.78, 5) is 14.4. The lowest BCUT2D eigenvalue weighted by molar-refractivity contribution is -0.0230. The Morgan fingerprint density at radius 1 is 1.30 bits per heavy atom. The van der Waals surface area contributed by atoms with Gasteiger partial charge in [-0.15, -0.1) is 0 Å². The number of carbonyl (C=O) groups excluding carboxylic acids is 1. The summed E-state index contributed by atoms with van der Waals surface area (Å²) < 4.78 is 23.8. The van der Waals surface area contributed by atoms with E-state index in [1.807, 2.05) is 49.9 Å². The minimum absolute atomic E-state index is 0.0124. The van der Waals surface area contributed by atoms with E-state index in [4.69, 9.17) is 18.8 Å². The van der Waals surface area contributed by atoms with E-state index in [1.54, 1.807) is 0 Å². The van der Waals surface area contributed by atoms with Crippen molar-refractivity contribution in [2.45, 2.75) is 90.6 Å². The number of piperidine rings is 1. The summed E-state index contributed by atoms with van der Waals surface area (Å²) in [6.07, 6.45) is 3.73. The molecule has 2 aliphatic rings. The number of hydrogen-bond donors (Lipinski definition) is 0. The Hall–Kier alpha value is -1.73. The van der Waals surface area contributed by atoms with Gasteiger partial charge < -0.3 is 23.7 Å². The molecule has 2 atom stereocenters. The normalized spacial score (nSPS) is 24.5. The SMILES string of the molecule is C[C@H]1CC(C)(C)OB(c2cccc(OC[C@@H]3CCCCN3C(=O)OC(C)(C)C)c2)O1. The Morgan fingerprint density at radius 2 is 2.07 bits per heavy atom. The van der Waals surface area contributed by atoms with Crippen LogP contribution in [0.15, 0.2) is 24.3 Å². The molecule has 0 aliphatic carbocycles. The maximum atomic E-state index is 12.6. The number of nitrogens with zero attached hydrogens (tertiary/aromatic N) is 1. The average molecular weight is 417 g/mol. The van der Waals surface area contributed by atoms with Crippen LogP contribution >= 0.6 is 0 Å². The molecule has 1 amide bonds. The first kappa shape index (κ1) is 22.9. The van der Waals surface area contributed by atoms with E-state index < -0.39 is 12.7 Å². The third kappa shape index (κ3) is 6.38. The van der Waals surface area contributed by atoms with E-state index in [9.17, 15) is 4.79 Å². The van der Waals surface area contributed by atoms with Crippen LogP contribution in [-0.4, -0.2) is 54.6 Å². The van der Waals surface area contributed by atoms with Gasteiger partial charge in [-0.1, -0.05) is 12.1 Å². The molecule has 0 radical (unpaired) electrons. The maximum Gasteiger partial charge on any atom is 0.494 e. The molecular weight excluding hydrogens is 381 g/mol. The second-order valence-electron chi connectivity index (χ2n) is 10.1. The summed E-state index contributed by atoms with van der Waals surface area (Å²) >= 11 is 0. The molecule has 0 saturated carbocycles. The van der Waals surface area contributed by atoms with Crippen LogP contribution in [0.25, 0.3) is 0 Å². The van der Waals surface area contributed by atoms with Crippen molar-refractivity contribution in [3.05, 3.63) is 24.3 Å². The van der Waals surface area contributed by atoms with Gasteiger partial charge in [0.2, 0.25) is 0 Å². The Balaban J connectivity index is 1.63. The molecule has 2 fully saturated rings. The summed E-state index contributed by atoms with van der Waals surface area (Å²) in [5.41, 5.74) is 0.216. The Morgan fingerprint density at radius 3 is 2.77 bits per heavy atom. The lowest BCUT2D eigenvalue weighted by Crippen LogP contribution is -2.51. The molecular formula is C23H36BNO5. The smallest absolute Gasteiger partial charge is 0.491 e. The van der Waals surface area contributed by atoms with Gasteiger partial charge in [-0.05, 0) is 84.8 Å². The van der Waals surface area contributed by atoms with Crippen LogP contribution in [0.4, 0.5) is 4.79 Å². The van der Waals surface area contributed by atoms with Crippen molar-refractivity contribution in [3.63, 3.8) is 0 Å². The number of likely N-dealkylation sites (tertiary alicyclic amines) is 1. The molecule has 7 heteroatoms. The molecule has 0 aromatic heterocycles. The predicted octanol–water partition coefficient (Wildman–Crippen LogP) is 4.15. The second kappa shape index (κ2) is 9.19. The fourth-order valence-electron chi connectivity index (χ4n) is 4.14. The summed E-state index contributed by atoms with van der Waals surface area (Å²) in [7, 11) is -0.403. The molecule has 166 valence electrons. The van der Waals surface area contributed by atoms with E-state index in [2.05, 4.69) is 20.8 Å². The van der Waals surface area contributed by atoms with Crippen molar-refractivity contribution in [1.82, 2.24) is 4.90 Å². The molecule has 1 aromatic carbocycles. The van der Waals surface area contributed by atoms with Crippen LogP contribution in [-0.2, 0) is 14.0 Å². The van der Waals surface area contributed by atoms with Gasteiger partial charge in [0, 0.05) is 12.6 Å². The summed E-state index contributed by atoms with van der Waals surface area (Å²) in [5.74, 6) is 0.755. The number of hydrogen-bond acceptors (Lipinski definition) is 5. The largest absolute Gasteiger partial charge is 0.494 e. The molecule has 2 heterocycles. The van der Waals surface area contributed by atoms with Crippen LogP contribution in [0.2, 0.25) is 0 Å². The number of benzene rings is 1. The standard InChI is InChI=1S/C23H36BNO5/c1-17-15-23(5,6)30-24(29-17)18-10-9-12-20(14-18)27-16-19-11-7-8-13-25(19)21(26)28-22(2,3)4/h9-10,12,14,17,19H,7-8,11,13,15-16H2,1-6H3/t17-,19-/m0/s1. The quantitative estimate of drug-likeness (QED) is 0.689. The summed E-state index contributed by atoms with van der Waals surface area (Å²) in [6.45, 7) is 13.1. The highest BCUT2D eigenvalue weighted by Gasteiger charge is 2.38. The van der Waals surface area contributed by atoms with Crippen molar-refractivity contribution in [2.75, 3.05) is 13.2 Å². The Kier molecular flexibility index (Phi) is 7.03. The molecule has 2 saturated heterocycles. The zero-order valence-corrected chi connectivity index (χ0v) is 19.3. The molecule has 3 rings (SSSR count). The molecule has 0 unspecified atom stereocenters. The van der Waals surface area contributed by atoms with E-state index in [1.165, 1.54) is 0 Å². The first-order valence-electron chi connectivity index (χ1n) is 11.1. The summed E-state index contributed by atoms with van der Waals surface area (Å²) in [5, 5.41) is 0. The van der Waals surface area contributed by atoms with Crippen LogP contribution in [0.5, 0.6) is 5.75 Å². The van der Waals surface area contributed by atoms with Crippen LogP contribution in [0.3, 0.4) is 0 Å². The highest BCUT2D eigenvalue weighted by atomic mass is 16.6. The zero-order chi connectivity index (χ0) is 21.9. The fourth-order valence-corrected chi connectivity index (χ4v) is 4.14. The summed E-state index contributed by atoms with van der Waals surface area (Å²) in [6, 6.07) is 7.87. The van der Waals surface area contributed by atoms with Crippen molar-refractivity contribution < 1.29 is 23.6 Å². The number of rotatable bonds is 4. The van der Waals surface area contributed by atoms with Crippen LogP contribution < -0.4 is 10.2 Å². The highest BCUT2D eigenvalue weighted by Crippen LogP contribution is 2.26. The Bertz CT molecular complexity index is 733. The first-order chi connectivity index (χ1) is 14.0. The van der Waals surface area contributed by atoms with Gasteiger partial charge >= 0.3 is 13.2 Å². The lowest BCUT2D eigenvalue weighted by Gasteiger charge is -2.38. The number of carbonyl (C=O) groups is 1. The zero-order valence-electron chi connectivity index (χ0n) is 19.3. The third-order valence-corrected chi connectivity index (χ3v) is 5.39. The second-order valence-corrected chi connectivity index (χ2v) is 10.1. The fraction of sp³-hybridized carbons (Fsp3) is 0.696. The van der Waals surface area contributed by atoms with E-state index in [0.717, 1.165) is 36.9 Å². The van der Waals surface area contributed by atoms with Crippen molar-refractivity contribution in [3.8, 4) is 5.75 Å². The van der Waals surface area contributed by atoms with E-state index in [-0.39, 0.29) is 23.8 Å². The van der Waals surface area contributed by atoms with Crippen molar-refractivity contribution in [1.29, 1.82) is 0 Å². The van der Waals surface area contributed by atoms with Gasteiger partial charge in [0.25, 0.3) is 0 Å². The van der Waals surface area contributed by atoms with Gasteiger partial charge in [0.15, 0.2) is 0 Å². The molecule has 6 nitrogen and oxygen atoms in total. The monoisotopic (exact) mass is 417 g/mol. The molecule has 30 heavy (non-hydrogen) atoms. The van der Waals surface area contributed by atoms with E-state index >= 15 is 0 Å². The van der Waals surface area contributed by atoms with Crippen molar-refractivity contribution in [2.24, 2.45) is 0 Å². The number of ether oxygens (including phenoxy) is 2. The molecule has 0 N–H and O–H groups in total. The van der Waals surface area contributed by atoms with Crippen LogP contribution in [0.1, 0.15) is 67.2 Å². The molecule has 0 bridgehead atoms. The van der Waals surface area contributed by atoms with Gasteiger partial charge in [-0.2, -0.15) is 0 Å². The van der Waals surface area contributed by atoms with Crippen molar-refractivity contribution >= 4 is 18.7 Å². The van der Waals surface area contributed by atoms with Crippen LogP contribution in [0, 0.1) is 0 Å². The lowest BCUT2D eigenvalue weighted by atomic mass is 9.75. The average Bonchev–Trinajstić information content (AvgIpc) is 2.64. The topological polar surface area (TPSA) is 57.2 Å². The van der Waals surface area contributed by atoms with Gasteiger partial charge in [-0.3, -0.25) is 0 Å².